The molecule has 30 heavy (non-hydrogen) atoms. The van der Waals surface area contributed by atoms with E-state index in [0.717, 1.165) is 10.4 Å². The Bertz CT molecular complexity index is 1080. The van der Waals surface area contributed by atoms with Crippen LogP contribution in [0.5, 0.6) is 0 Å². The second-order valence-electron chi connectivity index (χ2n) is 6.14. The molecular formula is C20H19ClN4O3S2. The molecule has 0 aliphatic rings. The molecule has 0 radical (unpaired) electrons. The number of nitrogens with one attached hydrogen (secondary N) is 1. The minimum atomic E-state index is -0.486. The zero-order chi connectivity index (χ0) is 21.7. The summed E-state index contributed by atoms with van der Waals surface area (Å²) in [5.74, 6) is 0.0261. The summed E-state index contributed by atoms with van der Waals surface area (Å²) in [4.78, 5) is 25.2. The van der Waals surface area contributed by atoms with Crippen molar-refractivity contribution < 1.29 is 14.3 Å². The third kappa shape index (κ3) is 5.10. The van der Waals surface area contributed by atoms with Gasteiger partial charge in [-0.25, -0.2) is 4.79 Å². The van der Waals surface area contributed by atoms with Gasteiger partial charge in [-0.2, -0.15) is 0 Å². The van der Waals surface area contributed by atoms with E-state index in [0.29, 0.717) is 33.1 Å². The zero-order valence-electron chi connectivity index (χ0n) is 16.3. The third-order valence-corrected chi connectivity index (χ3v) is 6.16. The molecule has 1 N–H and O–H groups in total. The number of aromatic nitrogens is 3. The van der Waals surface area contributed by atoms with Gasteiger partial charge < -0.3 is 10.1 Å². The van der Waals surface area contributed by atoms with Crippen LogP contribution in [0.15, 0.2) is 48.1 Å². The Morgan fingerprint density at radius 2 is 2.07 bits per heavy atom. The molecule has 0 aliphatic heterocycles. The van der Waals surface area contributed by atoms with Crippen molar-refractivity contribution in [1.29, 1.82) is 0 Å². The number of carbonyl (C=O) groups is 2. The van der Waals surface area contributed by atoms with E-state index in [1.165, 1.54) is 30.2 Å². The van der Waals surface area contributed by atoms with Gasteiger partial charge in [0.1, 0.15) is 5.00 Å². The number of aryl methyl sites for hydroxylation is 1. The first-order chi connectivity index (χ1) is 14.4. The lowest BCUT2D eigenvalue weighted by atomic mass is 10.2. The van der Waals surface area contributed by atoms with Gasteiger partial charge in [0.15, 0.2) is 11.0 Å². The maximum Gasteiger partial charge on any atom is 0.340 e. The molecule has 1 amide bonds. The number of methoxy groups -OCH3 is 1. The quantitative estimate of drug-likeness (QED) is 0.297. The van der Waals surface area contributed by atoms with E-state index in [1.807, 2.05) is 23.6 Å². The van der Waals surface area contributed by atoms with Crippen molar-refractivity contribution in [2.45, 2.75) is 18.6 Å². The number of hydrogen-bond acceptors (Lipinski definition) is 7. The first kappa shape index (κ1) is 22.1. The summed E-state index contributed by atoms with van der Waals surface area (Å²) in [6.07, 6.45) is 1.74. The van der Waals surface area contributed by atoms with E-state index in [2.05, 4.69) is 22.1 Å². The second-order valence-corrected chi connectivity index (χ2v) is 8.78. The van der Waals surface area contributed by atoms with Crippen LogP contribution in [-0.4, -0.2) is 39.5 Å². The van der Waals surface area contributed by atoms with Gasteiger partial charge in [0, 0.05) is 22.0 Å². The molecule has 3 aromatic rings. The van der Waals surface area contributed by atoms with Crippen molar-refractivity contribution in [2.24, 2.45) is 0 Å². The molecule has 10 heteroatoms. The van der Waals surface area contributed by atoms with Crippen LogP contribution in [0, 0.1) is 6.92 Å². The number of nitrogens with zero attached hydrogens (tertiary/aromatic N) is 3. The van der Waals surface area contributed by atoms with E-state index in [-0.39, 0.29) is 11.7 Å². The highest BCUT2D eigenvalue weighted by molar-refractivity contribution is 7.99. The number of benzene rings is 1. The zero-order valence-corrected chi connectivity index (χ0v) is 18.7. The molecule has 0 fully saturated rings. The highest BCUT2D eigenvalue weighted by atomic mass is 35.5. The molecule has 0 bridgehead atoms. The van der Waals surface area contributed by atoms with E-state index >= 15 is 0 Å². The maximum absolute atomic E-state index is 12.5. The number of thiophene rings is 1. The van der Waals surface area contributed by atoms with E-state index in [1.54, 1.807) is 24.3 Å². The summed E-state index contributed by atoms with van der Waals surface area (Å²) in [6.45, 7) is 6.14. The predicted octanol–water partition coefficient (Wildman–Crippen LogP) is 4.67. The number of esters is 1. The number of hydrogen-bond donors (Lipinski definition) is 1. The van der Waals surface area contributed by atoms with Crippen molar-refractivity contribution in [3.8, 4) is 11.4 Å². The topological polar surface area (TPSA) is 86.1 Å². The highest BCUT2D eigenvalue weighted by Gasteiger charge is 2.19. The molecule has 0 spiro atoms. The third-order valence-electron chi connectivity index (χ3n) is 3.98. The van der Waals surface area contributed by atoms with Gasteiger partial charge in [-0.1, -0.05) is 29.4 Å². The molecule has 2 aromatic heterocycles. The summed E-state index contributed by atoms with van der Waals surface area (Å²) in [5.41, 5.74) is 1.21. The fourth-order valence-corrected chi connectivity index (χ4v) is 4.45. The van der Waals surface area contributed by atoms with Crippen LogP contribution in [0.1, 0.15) is 15.2 Å². The largest absolute Gasteiger partial charge is 0.465 e. The fraction of sp³-hybridized carbons (Fsp3) is 0.200. The summed E-state index contributed by atoms with van der Waals surface area (Å²) < 4.78 is 6.65. The highest BCUT2D eigenvalue weighted by Crippen LogP contribution is 2.29. The number of amides is 1. The minimum Gasteiger partial charge on any atom is -0.465 e. The van der Waals surface area contributed by atoms with Gasteiger partial charge in [-0.05, 0) is 37.3 Å². The Morgan fingerprint density at radius 3 is 2.73 bits per heavy atom. The summed E-state index contributed by atoms with van der Waals surface area (Å²) >= 11 is 8.54. The monoisotopic (exact) mass is 462 g/mol. The van der Waals surface area contributed by atoms with Gasteiger partial charge in [-0.3, -0.25) is 9.36 Å². The molecule has 156 valence electrons. The lowest BCUT2D eigenvalue weighted by Crippen LogP contribution is -2.16. The molecule has 2 heterocycles. The summed E-state index contributed by atoms with van der Waals surface area (Å²) in [7, 11) is 1.31. The Kier molecular flexibility index (Phi) is 7.30. The van der Waals surface area contributed by atoms with Crippen LogP contribution in [-0.2, 0) is 16.1 Å². The number of anilines is 1. The van der Waals surface area contributed by atoms with Crippen molar-refractivity contribution in [2.75, 3.05) is 18.2 Å². The van der Waals surface area contributed by atoms with E-state index < -0.39 is 5.97 Å². The Hall–Kier alpha value is -2.62. The van der Waals surface area contributed by atoms with Crippen LogP contribution in [0.2, 0.25) is 5.02 Å². The second kappa shape index (κ2) is 9.92. The fourth-order valence-electron chi connectivity index (χ4n) is 2.66. The van der Waals surface area contributed by atoms with Crippen molar-refractivity contribution >= 4 is 51.6 Å². The molecule has 3 rings (SSSR count). The molecular weight excluding hydrogens is 444 g/mol. The average molecular weight is 463 g/mol. The van der Waals surface area contributed by atoms with Crippen LogP contribution < -0.4 is 5.32 Å². The SMILES string of the molecule is C=CCn1c(SCC(=O)Nc2sc(C)cc2C(=O)OC)nnc1-c1ccc(Cl)cc1. The molecule has 0 saturated carbocycles. The van der Waals surface area contributed by atoms with Crippen molar-refractivity contribution in [1.82, 2.24) is 14.8 Å². The lowest BCUT2D eigenvalue weighted by molar-refractivity contribution is -0.113. The van der Waals surface area contributed by atoms with Crippen LogP contribution in [0.4, 0.5) is 5.00 Å². The first-order valence-electron chi connectivity index (χ1n) is 8.84. The Labute approximate surface area is 187 Å². The number of ether oxygens (including phenoxy) is 1. The number of rotatable bonds is 8. The van der Waals surface area contributed by atoms with Crippen LogP contribution >= 0.6 is 34.7 Å². The van der Waals surface area contributed by atoms with Gasteiger partial charge in [-0.15, -0.1) is 28.1 Å². The van der Waals surface area contributed by atoms with E-state index in [9.17, 15) is 9.59 Å². The number of thioether (sulfide) groups is 1. The summed E-state index contributed by atoms with van der Waals surface area (Å²) in [5, 5.41) is 13.0. The maximum atomic E-state index is 12.5. The van der Waals surface area contributed by atoms with Gasteiger partial charge in [0.05, 0.1) is 18.4 Å². The molecule has 1 aromatic carbocycles. The van der Waals surface area contributed by atoms with Gasteiger partial charge >= 0.3 is 5.97 Å². The smallest absolute Gasteiger partial charge is 0.340 e. The predicted molar refractivity (Wildman–Crippen MR) is 120 cm³/mol. The molecule has 0 unspecified atom stereocenters. The minimum absolute atomic E-state index is 0.105. The normalized spacial score (nSPS) is 10.6. The Morgan fingerprint density at radius 1 is 1.33 bits per heavy atom. The first-order valence-corrected chi connectivity index (χ1v) is 11.0. The van der Waals surface area contributed by atoms with Crippen LogP contribution in [0.3, 0.4) is 0 Å². The van der Waals surface area contributed by atoms with Gasteiger partial charge in [0.25, 0.3) is 0 Å². The summed E-state index contributed by atoms with van der Waals surface area (Å²) in [6, 6.07) is 8.98. The number of carbonyl (C=O) groups excluding carboxylic acids is 2. The standard InChI is InChI=1S/C20H19ClN4O3S2/c1-4-9-25-17(13-5-7-14(21)8-6-13)23-24-20(25)29-11-16(26)22-18-15(19(27)28-3)10-12(2)30-18/h4-8,10H,1,9,11H2,2-3H3,(H,22,26). The molecule has 0 aliphatic carbocycles. The van der Waals surface area contributed by atoms with Crippen molar-refractivity contribution in [3.63, 3.8) is 0 Å². The molecule has 7 nitrogen and oxygen atoms in total. The number of allylic oxidation sites excluding steroid dienone is 1. The van der Waals surface area contributed by atoms with E-state index in [4.69, 9.17) is 16.3 Å². The Balaban J connectivity index is 1.73. The molecule has 0 saturated heterocycles. The molecule has 0 atom stereocenters. The van der Waals surface area contributed by atoms with Crippen LogP contribution in [0.25, 0.3) is 11.4 Å². The number of halogens is 1. The van der Waals surface area contributed by atoms with Gasteiger partial charge in [0.2, 0.25) is 5.91 Å². The average Bonchev–Trinajstić information content (AvgIpc) is 3.30. The van der Waals surface area contributed by atoms with Crippen molar-refractivity contribution in [3.05, 3.63) is 58.5 Å². The lowest BCUT2D eigenvalue weighted by Gasteiger charge is -2.08.